The van der Waals surface area contributed by atoms with Crippen molar-refractivity contribution in [1.29, 1.82) is 5.26 Å². The summed E-state index contributed by atoms with van der Waals surface area (Å²) in [6, 6.07) is 8.91. The van der Waals surface area contributed by atoms with Gasteiger partial charge < -0.3 is 4.74 Å². The van der Waals surface area contributed by atoms with Gasteiger partial charge in [-0.2, -0.15) is 5.26 Å². The Bertz CT molecular complexity index is 610. The van der Waals surface area contributed by atoms with E-state index in [0.29, 0.717) is 22.9 Å². The van der Waals surface area contributed by atoms with E-state index in [1.54, 1.807) is 30.6 Å². The van der Waals surface area contributed by atoms with Gasteiger partial charge >= 0.3 is 0 Å². The summed E-state index contributed by atoms with van der Waals surface area (Å²) >= 11 is 9.26. The summed E-state index contributed by atoms with van der Waals surface area (Å²) in [4.78, 5) is 4.05. The third-order valence-corrected chi connectivity index (χ3v) is 2.97. The van der Waals surface area contributed by atoms with Crippen LogP contribution in [0.3, 0.4) is 0 Å². The van der Waals surface area contributed by atoms with Crippen LogP contribution in [0.15, 0.2) is 41.1 Å². The molecule has 0 unspecified atom stereocenters. The number of hydrogen-bond acceptors (Lipinski definition) is 3. The van der Waals surface area contributed by atoms with Crippen molar-refractivity contribution in [2.45, 2.75) is 6.61 Å². The Morgan fingerprint density at radius 3 is 2.83 bits per heavy atom. The van der Waals surface area contributed by atoms with Crippen molar-refractivity contribution < 1.29 is 4.74 Å². The molecule has 0 radical (unpaired) electrons. The topological polar surface area (TPSA) is 45.9 Å². The van der Waals surface area contributed by atoms with Gasteiger partial charge in [-0.15, -0.1) is 0 Å². The molecule has 2 aromatic rings. The highest BCUT2D eigenvalue weighted by Crippen LogP contribution is 2.22. The second-order valence-corrected chi connectivity index (χ2v) is 4.88. The number of hydrogen-bond donors (Lipinski definition) is 0. The Labute approximate surface area is 118 Å². The molecule has 0 saturated heterocycles. The van der Waals surface area contributed by atoms with Gasteiger partial charge in [0, 0.05) is 28.5 Å². The lowest BCUT2D eigenvalue weighted by Crippen LogP contribution is -1.96. The zero-order chi connectivity index (χ0) is 13.0. The molecule has 0 amide bonds. The van der Waals surface area contributed by atoms with Crippen LogP contribution < -0.4 is 4.74 Å². The van der Waals surface area contributed by atoms with Gasteiger partial charge in [0.15, 0.2) is 0 Å². The van der Waals surface area contributed by atoms with Crippen molar-refractivity contribution in [3.63, 3.8) is 0 Å². The molecule has 0 fully saturated rings. The Kier molecular flexibility index (Phi) is 4.19. The second-order valence-electron chi connectivity index (χ2n) is 3.55. The van der Waals surface area contributed by atoms with Crippen LogP contribution in [0.4, 0.5) is 0 Å². The molecule has 3 nitrogen and oxygen atoms in total. The molecule has 0 saturated carbocycles. The molecule has 1 aromatic carbocycles. The van der Waals surface area contributed by atoms with Crippen LogP contribution in [0.2, 0.25) is 5.02 Å². The van der Waals surface area contributed by atoms with E-state index in [9.17, 15) is 0 Å². The van der Waals surface area contributed by atoms with Crippen LogP contribution >= 0.6 is 27.5 Å². The second kappa shape index (κ2) is 5.85. The quantitative estimate of drug-likeness (QED) is 0.859. The van der Waals surface area contributed by atoms with Crippen LogP contribution in [0, 0.1) is 11.3 Å². The van der Waals surface area contributed by atoms with E-state index in [4.69, 9.17) is 21.6 Å². The van der Waals surface area contributed by atoms with Gasteiger partial charge in [-0.05, 0) is 34.1 Å². The summed E-state index contributed by atoms with van der Waals surface area (Å²) in [6.07, 6.45) is 3.44. The minimum Gasteiger partial charge on any atom is -0.489 e. The van der Waals surface area contributed by atoms with E-state index in [0.717, 1.165) is 10.0 Å². The Hall–Kier alpha value is -1.57. The third kappa shape index (κ3) is 3.22. The van der Waals surface area contributed by atoms with E-state index in [1.165, 1.54) is 0 Å². The van der Waals surface area contributed by atoms with Gasteiger partial charge in [-0.25, -0.2) is 0 Å². The molecule has 90 valence electrons. The van der Waals surface area contributed by atoms with Gasteiger partial charge in [-0.1, -0.05) is 11.6 Å². The number of nitrogens with zero attached hydrogens (tertiary/aromatic N) is 2. The first-order valence-corrected chi connectivity index (χ1v) is 6.28. The molecule has 2 rings (SSSR count). The van der Waals surface area contributed by atoms with Crippen molar-refractivity contribution in [3.05, 3.63) is 57.3 Å². The molecule has 0 bridgehead atoms. The van der Waals surface area contributed by atoms with Crippen LogP contribution in [0.5, 0.6) is 5.75 Å². The summed E-state index contributed by atoms with van der Waals surface area (Å²) in [5.74, 6) is 0.624. The molecule has 0 aliphatic heterocycles. The van der Waals surface area contributed by atoms with Gasteiger partial charge in [0.25, 0.3) is 0 Å². The summed E-state index contributed by atoms with van der Waals surface area (Å²) in [6.45, 7) is 0.397. The summed E-state index contributed by atoms with van der Waals surface area (Å²) in [5.41, 5.74) is 1.39. The highest BCUT2D eigenvalue weighted by Gasteiger charge is 2.02. The third-order valence-electron chi connectivity index (χ3n) is 2.23. The van der Waals surface area contributed by atoms with E-state index >= 15 is 0 Å². The van der Waals surface area contributed by atoms with E-state index in [2.05, 4.69) is 20.9 Å². The summed E-state index contributed by atoms with van der Waals surface area (Å²) < 4.78 is 6.48. The molecule has 1 aromatic heterocycles. The van der Waals surface area contributed by atoms with Gasteiger partial charge in [0.1, 0.15) is 18.4 Å². The smallest absolute Gasteiger partial charge is 0.121 e. The predicted molar refractivity (Wildman–Crippen MR) is 72.4 cm³/mol. The Morgan fingerprint density at radius 2 is 2.17 bits per heavy atom. The van der Waals surface area contributed by atoms with Crippen LogP contribution in [0.25, 0.3) is 0 Å². The molecule has 0 aliphatic carbocycles. The Balaban J connectivity index is 2.07. The van der Waals surface area contributed by atoms with Crippen LogP contribution in [0.1, 0.15) is 11.1 Å². The largest absolute Gasteiger partial charge is 0.489 e. The van der Waals surface area contributed by atoms with Crippen LogP contribution in [-0.2, 0) is 6.61 Å². The fourth-order valence-electron chi connectivity index (χ4n) is 1.38. The maximum absolute atomic E-state index is 8.76. The maximum atomic E-state index is 8.76. The molecule has 0 aliphatic rings. The van der Waals surface area contributed by atoms with Crippen molar-refractivity contribution in [2.24, 2.45) is 0 Å². The minimum atomic E-state index is 0.391. The average Bonchev–Trinajstić information content (AvgIpc) is 2.37. The molecule has 0 atom stereocenters. The standard InChI is InChI=1S/C13H8BrClN2O/c14-11-3-9(6-17-7-11)8-18-12-2-1-10(5-16)13(15)4-12/h1-4,6-7H,8H2. The molecule has 0 N–H and O–H groups in total. The molecule has 18 heavy (non-hydrogen) atoms. The Morgan fingerprint density at radius 1 is 1.33 bits per heavy atom. The van der Waals surface area contributed by atoms with Gasteiger partial charge in [0.05, 0.1) is 10.6 Å². The fraction of sp³-hybridized carbons (Fsp3) is 0.0769. The fourth-order valence-corrected chi connectivity index (χ4v) is 2.00. The lowest BCUT2D eigenvalue weighted by molar-refractivity contribution is 0.305. The summed E-state index contributed by atoms with van der Waals surface area (Å²) in [5, 5.41) is 9.15. The monoisotopic (exact) mass is 322 g/mol. The first kappa shape index (κ1) is 12.9. The van der Waals surface area contributed by atoms with Crippen molar-refractivity contribution in [2.75, 3.05) is 0 Å². The molecule has 1 heterocycles. The minimum absolute atomic E-state index is 0.391. The van der Waals surface area contributed by atoms with Gasteiger partial charge in [0.2, 0.25) is 0 Å². The molecule has 0 spiro atoms. The number of halogens is 2. The first-order chi connectivity index (χ1) is 8.69. The highest BCUT2D eigenvalue weighted by atomic mass is 79.9. The zero-order valence-electron chi connectivity index (χ0n) is 9.23. The first-order valence-electron chi connectivity index (χ1n) is 5.11. The molecular weight excluding hydrogens is 316 g/mol. The predicted octanol–water partition coefficient (Wildman–Crippen LogP) is 3.95. The lowest BCUT2D eigenvalue weighted by Gasteiger charge is -2.07. The highest BCUT2D eigenvalue weighted by molar-refractivity contribution is 9.10. The summed E-state index contributed by atoms with van der Waals surface area (Å²) in [7, 11) is 0. The van der Waals surface area contributed by atoms with Crippen LogP contribution in [-0.4, -0.2) is 4.98 Å². The van der Waals surface area contributed by atoms with Crippen molar-refractivity contribution in [1.82, 2.24) is 4.98 Å². The molecular formula is C13H8BrClN2O. The zero-order valence-corrected chi connectivity index (χ0v) is 11.6. The number of nitriles is 1. The van der Waals surface area contributed by atoms with Gasteiger partial charge in [-0.3, -0.25) is 4.98 Å². The number of aromatic nitrogens is 1. The normalized spacial score (nSPS) is 9.83. The number of rotatable bonds is 3. The number of benzene rings is 1. The van der Waals surface area contributed by atoms with Crippen molar-refractivity contribution in [3.8, 4) is 11.8 Å². The number of ether oxygens (including phenoxy) is 1. The maximum Gasteiger partial charge on any atom is 0.121 e. The van der Waals surface area contributed by atoms with Crippen molar-refractivity contribution >= 4 is 27.5 Å². The SMILES string of the molecule is N#Cc1ccc(OCc2cncc(Br)c2)cc1Cl. The molecule has 5 heteroatoms. The van der Waals surface area contributed by atoms with E-state index in [-0.39, 0.29) is 0 Å². The lowest BCUT2D eigenvalue weighted by atomic mass is 10.2. The van der Waals surface area contributed by atoms with E-state index < -0.39 is 0 Å². The average molecular weight is 324 g/mol. The van der Waals surface area contributed by atoms with E-state index in [1.807, 2.05) is 12.1 Å². The number of pyridine rings is 1.